The summed E-state index contributed by atoms with van der Waals surface area (Å²) in [7, 11) is 1.31. The van der Waals surface area contributed by atoms with Crippen molar-refractivity contribution in [3.63, 3.8) is 0 Å². The number of benzene rings is 2. The normalized spacial score (nSPS) is 12.4. The van der Waals surface area contributed by atoms with E-state index in [1.807, 2.05) is 38.1 Å². The third-order valence-electron chi connectivity index (χ3n) is 5.12. The average molecular weight is 522 g/mol. The number of carbonyl (C=O) groups is 2. The van der Waals surface area contributed by atoms with E-state index in [4.69, 9.17) is 9.47 Å². The number of hydrogen-bond acceptors (Lipinski definition) is 6. The predicted octanol–water partition coefficient (Wildman–Crippen LogP) is 4.08. The first kappa shape index (κ1) is 26.1. The molecule has 2 rings (SSSR count). The summed E-state index contributed by atoms with van der Waals surface area (Å²) in [6.07, 6.45) is 0.767. The van der Waals surface area contributed by atoms with Crippen LogP contribution in [-0.2, 0) is 16.1 Å². The predicted molar refractivity (Wildman–Crippen MR) is 127 cm³/mol. The Morgan fingerprint density at radius 3 is 2.55 bits per heavy atom. The van der Waals surface area contributed by atoms with E-state index in [-0.39, 0.29) is 42.3 Å². The van der Waals surface area contributed by atoms with Gasteiger partial charge in [0.2, 0.25) is 11.7 Å². The maximum absolute atomic E-state index is 13.1. The Hall–Kier alpha value is -3.14. The van der Waals surface area contributed by atoms with Crippen LogP contribution in [-0.4, -0.2) is 47.4 Å². The lowest BCUT2D eigenvalue weighted by molar-refractivity contribution is -0.385. The molecule has 0 saturated carbocycles. The van der Waals surface area contributed by atoms with Gasteiger partial charge in [-0.15, -0.1) is 0 Å². The summed E-state index contributed by atoms with van der Waals surface area (Å²) >= 11 is 3.42. The minimum absolute atomic E-state index is 0.0217. The van der Waals surface area contributed by atoms with Gasteiger partial charge in [-0.1, -0.05) is 35.0 Å². The van der Waals surface area contributed by atoms with Crippen molar-refractivity contribution < 1.29 is 24.0 Å². The van der Waals surface area contributed by atoms with Gasteiger partial charge >= 0.3 is 5.69 Å². The fourth-order valence-electron chi connectivity index (χ4n) is 3.01. The van der Waals surface area contributed by atoms with E-state index in [1.165, 1.54) is 30.2 Å². The molecule has 33 heavy (non-hydrogen) atoms. The third kappa shape index (κ3) is 7.45. The molecular weight excluding hydrogens is 494 g/mol. The summed E-state index contributed by atoms with van der Waals surface area (Å²) in [5, 5.41) is 14.0. The molecule has 2 amide bonds. The molecule has 1 N–H and O–H groups in total. The molecule has 0 aliphatic rings. The second kappa shape index (κ2) is 12.2. The van der Waals surface area contributed by atoms with Gasteiger partial charge in [-0.2, -0.15) is 0 Å². The van der Waals surface area contributed by atoms with Crippen LogP contribution in [0.4, 0.5) is 5.69 Å². The zero-order valence-electron chi connectivity index (χ0n) is 19.0. The standard InChI is InChI=1S/C23H28BrN3O6/c1-5-15(2)25-23(29)16(3)26(13-17-7-6-8-18(24)11-17)22(28)14-33-19-9-10-20(27(30)31)21(12-19)32-4/h6-12,15-16H,5,13-14H2,1-4H3,(H,25,29)/t15-,16+/m1/s1. The molecule has 0 saturated heterocycles. The number of rotatable bonds is 11. The van der Waals surface area contributed by atoms with Gasteiger partial charge in [-0.25, -0.2) is 0 Å². The molecule has 0 aromatic heterocycles. The van der Waals surface area contributed by atoms with Crippen molar-refractivity contribution >= 4 is 33.4 Å². The van der Waals surface area contributed by atoms with Crippen LogP contribution < -0.4 is 14.8 Å². The Labute approximate surface area is 201 Å². The first-order valence-electron chi connectivity index (χ1n) is 10.5. The van der Waals surface area contributed by atoms with E-state index in [0.29, 0.717) is 0 Å². The average Bonchev–Trinajstić information content (AvgIpc) is 2.80. The Bertz CT molecular complexity index is 1000. The number of halogens is 1. The fraction of sp³-hybridized carbons (Fsp3) is 0.391. The van der Waals surface area contributed by atoms with Gasteiger partial charge in [0.15, 0.2) is 6.61 Å². The molecule has 2 aromatic rings. The number of hydrogen-bond donors (Lipinski definition) is 1. The van der Waals surface area contributed by atoms with E-state index in [1.54, 1.807) is 6.92 Å². The summed E-state index contributed by atoms with van der Waals surface area (Å²) in [5.74, 6) is -0.397. The molecule has 2 aromatic carbocycles. The van der Waals surface area contributed by atoms with Crippen molar-refractivity contribution in [1.29, 1.82) is 0 Å². The van der Waals surface area contributed by atoms with Crippen molar-refractivity contribution in [1.82, 2.24) is 10.2 Å². The van der Waals surface area contributed by atoms with E-state index in [9.17, 15) is 19.7 Å². The monoisotopic (exact) mass is 521 g/mol. The van der Waals surface area contributed by atoms with Gasteiger partial charge in [0.05, 0.1) is 12.0 Å². The first-order chi connectivity index (χ1) is 15.7. The molecule has 0 radical (unpaired) electrons. The SMILES string of the molecule is CC[C@@H](C)NC(=O)[C@H](C)N(Cc1cccc(Br)c1)C(=O)COc1ccc([N+](=O)[O-])c(OC)c1. The molecule has 9 nitrogen and oxygen atoms in total. The summed E-state index contributed by atoms with van der Waals surface area (Å²) in [4.78, 5) is 37.8. The van der Waals surface area contributed by atoms with Crippen LogP contribution in [0.3, 0.4) is 0 Å². The molecule has 178 valence electrons. The number of ether oxygens (including phenoxy) is 2. The van der Waals surface area contributed by atoms with Crippen LogP contribution in [0, 0.1) is 10.1 Å². The number of amides is 2. The highest BCUT2D eigenvalue weighted by molar-refractivity contribution is 9.10. The number of carbonyl (C=O) groups excluding carboxylic acids is 2. The van der Waals surface area contributed by atoms with E-state index in [0.717, 1.165) is 16.5 Å². The number of methoxy groups -OCH3 is 1. The largest absolute Gasteiger partial charge is 0.490 e. The van der Waals surface area contributed by atoms with Gasteiger partial charge < -0.3 is 19.7 Å². The topological polar surface area (TPSA) is 111 Å². The van der Waals surface area contributed by atoms with Gasteiger partial charge in [-0.3, -0.25) is 19.7 Å². The lowest BCUT2D eigenvalue weighted by Crippen LogP contribution is -2.50. The zero-order valence-corrected chi connectivity index (χ0v) is 20.6. The Morgan fingerprint density at radius 1 is 1.21 bits per heavy atom. The molecule has 0 aliphatic heterocycles. The van der Waals surface area contributed by atoms with Crippen molar-refractivity contribution in [2.24, 2.45) is 0 Å². The van der Waals surface area contributed by atoms with Crippen molar-refractivity contribution in [3.05, 3.63) is 62.6 Å². The number of nitro groups is 1. The molecule has 10 heteroatoms. The summed E-state index contributed by atoms with van der Waals surface area (Å²) < 4.78 is 11.5. The Balaban J connectivity index is 2.20. The molecule has 0 spiro atoms. The number of nitrogens with zero attached hydrogens (tertiary/aromatic N) is 2. The van der Waals surface area contributed by atoms with Crippen molar-refractivity contribution in [2.45, 2.75) is 45.8 Å². The molecule has 0 heterocycles. The van der Waals surface area contributed by atoms with Crippen LogP contribution in [0.25, 0.3) is 0 Å². The highest BCUT2D eigenvalue weighted by atomic mass is 79.9. The summed E-state index contributed by atoms with van der Waals surface area (Å²) in [5.41, 5.74) is 0.640. The van der Waals surface area contributed by atoms with Gasteiger partial charge in [0.25, 0.3) is 5.91 Å². The second-order valence-corrected chi connectivity index (χ2v) is 8.44. The van der Waals surface area contributed by atoms with Crippen LogP contribution in [0.15, 0.2) is 46.9 Å². The molecule has 0 fully saturated rings. The van der Waals surface area contributed by atoms with E-state index >= 15 is 0 Å². The minimum atomic E-state index is -0.736. The number of nitrogens with one attached hydrogen (secondary N) is 1. The van der Waals surface area contributed by atoms with Crippen LogP contribution in [0.2, 0.25) is 0 Å². The highest BCUT2D eigenvalue weighted by Gasteiger charge is 2.27. The van der Waals surface area contributed by atoms with Gasteiger partial charge in [-0.05, 0) is 44.0 Å². The minimum Gasteiger partial charge on any atom is -0.490 e. The van der Waals surface area contributed by atoms with Gasteiger partial charge in [0, 0.05) is 29.2 Å². The summed E-state index contributed by atoms with van der Waals surface area (Å²) in [6.45, 7) is 5.39. The maximum atomic E-state index is 13.1. The molecule has 0 bridgehead atoms. The smallest absolute Gasteiger partial charge is 0.311 e. The van der Waals surface area contributed by atoms with Gasteiger partial charge in [0.1, 0.15) is 11.8 Å². The fourth-order valence-corrected chi connectivity index (χ4v) is 3.45. The van der Waals surface area contributed by atoms with Crippen LogP contribution in [0.1, 0.15) is 32.8 Å². The maximum Gasteiger partial charge on any atom is 0.311 e. The van der Waals surface area contributed by atoms with Crippen molar-refractivity contribution in [3.8, 4) is 11.5 Å². The molecule has 2 atom stereocenters. The quantitative estimate of drug-likeness (QED) is 0.352. The molecular formula is C23H28BrN3O6. The molecule has 0 aliphatic carbocycles. The zero-order chi connectivity index (χ0) is 24.5. The van der Waals surface area contributed by atoms with E-state index < -0.39 is 16.9 Å². The number of nitro benzene ring substituents is 1. The van der Waals surface area contributed by atoms with Crippen LogP contribution >= 0.6 is 15.9 Å². The van der Waals surface area contributed by atoms with Crippen molar-refractivity contribution in [2.75, 3.05) is 13.7 Å². The first-order valence-corrected chi connectivity index (χ1v) is 11.2. The lowest BCUT2D eigenvalue weighted by Gasteiger charge is -2.29. The Morgan fingerprint density at radius 2 is 1.94 bits per heavy atom. The highest BCUT2D eigenvalue weighted by Crippen LogP contribution is 2.30. The molecule has 0 unspecified atom stereocenters. The van der Waals surface area contributed by atoms with Crippen LogP contribution in [0.5, 0.6) is 11.5 Å². The summed E-state index contributed by atoms with van der Waals surface area (Å²) in [6, 6.07) is 10.7. The lowest BCUT2D eigenvalue weighted by atomic mass is 10.1. The van der Waals surface area contributed by atoms with E-state index in [2.05, 4.69) is 21.2 Å². The third-order valence-corrected chi connectivity index (χ3v) is 5.61. The second-order valence-electron chi connectivity index (χ2n) is 7.52. The Kier molecular flexibility index (Phi) is 9.65.